The van der Waals surface area contributed by atoms with Crippen molar-refractivity contribution < 1.29 is 0 Å². The first kappa shape index (κ1) is 13.3. The fourth-order valence-corrected chi connectivity index (χ4v) is 4.20. The van der Waals surface area contributed by atoms with Gasteiger partial charge in [0, 0.05) is 34.6 Å². The lowest BCUT2D eigenvalue weighted by Crippen LogP contribution is -2.40. The Balaban J connectivity index is 2.21. The van der Waals surface area contributed by atoms with E-state index < -0.39 is 0 Å². The van der Waals surface area contributed by atoms with Gasteiger partial charge in [-0.1, -0.05) is 41.9 Å². The third-order valence-corrected chi connectivity index (χ3v) is 5.05. The molecule has 2 unspecified atom stereocenters. The molecule has 1 nitrogen and oxygen atoms in total. The van der Waals surface area contributed by atoms with Gasteiger partial charge in [0.1, 0.15) is 0 Å². The second kappa shape index (κ2) is 5.66. The minimum atomic E-state index is 0.731. The minimum absolute atomic E-state index is 0.731. The zero-order chi connectivity index (χ0) is 12.4. The number of hydrogen-bond acceptors (Lipinski definition) is 2. The first-order valence-corrected chi connectivity index (χ1v) is 8.22. The monoisotopic (exact) mass is 313 g/mol. The van der Waals surface area contributed by atoms with E-state index in [0.717, 1.165) is 15.8 Å². The van der Waals surface area contributed by atoms with Crippen molar-refractivity contribution in [3.63, 3.8) is 0 Å². The number of thioether (sulfide) groups is 1. The summed E-state index contributed by atoms with van der Waals surface area (Å²) in [5.41, 5.74) is 4.17. The maximum absolute atomic E-state index is 3.51. The van der Waals surface area contributed by atoms with Crippen molar-refractivity contribution in [1.29, 1.82) is 0 Å². The van der Waals surface area contributed by atoms with Gasteiger partial charge in [0.05, 0.1) is 0 Å². The van der Waals surface area contributed by atoms with E-state index in [4.69, 9.17) is 0 Å². The highest BCUT2D eigenvalue weighted by molar-refractivity contribution is 9.08. The zero-order valence-electron chi connectivity index (χ0n) is 10.7. The second-order valence-corrected chi connectivity index (χ2v) is 7.36. The molecule has 0 N–H and O–H groups in total. The van der Waals surface area contributed by atoms with E-state index in [9.17, 15) is 0 Å². The molecular formula is C14H20BrNS. The lowest BCUT2D eigenvalue weighted by molar-refractivity contribution is 0.726. The summed E-state index contributed by atoms with van der Waals surface area (Å²) < 4.78 is 0. The van der Waals surface area contributed by atoms with Crippen LogP contribution in [0, 0.1) is 6.92 Å². The van der Waals surface area contributed by atoms with Crippen molar-refractivity contribution in [3.05, 3.63) is 29.3 Å². The number of anilines is 1. The summed E-state index contributed by atoms with van der Waals surface area (Å²) in [5, 5.41) is 2.40. The molecule has 2 atom stereocenters. The van der Waals surface area contributed by atoms with Crippen molar-refractivity contribution in [2.45, 2.75) is 36.6 Å². The highest BCUT2D eigenvalue weighted by Gasteiger charge is 2.23. The van der Waals surface area contributed by atoms with E-state index in [0.29, 0.717) is 0 Å². The molecule has 94 valence electrons. The van der Waals surface area contributed by atoms with Crippen LogP contribution in [-0.2, 0) is 5.33 Å². The van der Waals surface area contributed by atoms with E-state index in [1.54, 1.807) is 0 Å². The number of benzene rings is 1. The van der Waals surface area contributed by atoms with Crippen molar-refractivity contribution in [3.8, 4) is 0 Å². The van der Waals surface area contributed by atoms with Gasteiger partial charge in [0.25, 0.3) is 0 Å². The molecule has 1 aliphatic heterocycles. The molecule has 1 heterocycles. The summed E-state index contributed by atoms with van der Waals surface area (Å²) in [6.07, 6.45) is 0. The van der Waals surface area contributed by atoms with E-state index in [2.05, 4.69) is 71.6 Å². The SMILES string of the molecule is Cc1cc(CBr)ccc1N1CC(C)SC(C)C1. The lowest BCUT2D eigenvalue weighted by Gasteiger charge is -2.37. The molecule has 1 aromatic carbocycles. The summed E-state index contributed by atoms with van der Waals surface area (Å²) in [5.74, 6) is 0. The number of rotatable bonds is 2. The standard InChI is InChI=1S/C14H20BrNS/c1-10-6-13(7-15)4-5-14(10)16-8-11(2)17-12(3)9-16/h4-6,11-12H,7-9H2,1-3H3. The van der Waals surface area contributed by atoms with Crippen LogP contribution in [0.5, 0.6) is 0 Å². The largest absolute Gasteiger partial charge is 0.369 e. The fourth-order valence-electron chi connectivity index (χ4n) is 2.53. The van der Waals surface area contributed by atoms with Gasteiger partial charge >= 0.3 is 0 Å². The van der Waals surface area contributed by atoms with Crippen LogP contribution < -0.4 is 4.90 Å². The quantitative estimate of drug-likeness (QED) is 0.752. The van der Waals surface area contributed by atoms with Gasteiger partial charge in [-0.3, -0.25) is 0 Å². The molecule has 1 saturated heterocycles. The maximum atomic E-state index is 3.51. The molecule has 3 heteroatoms. The van der Waals surface area contributed by atoms with E-state index >= 15 is 0 Å². The summed E-state index contributed by atoms with van der Waals surface area (Å²) in [7, 11) is 0. The normalized spacial score (nSPS) is 25.1. The molecule has 0 bridgehead atoms. The average Bonchev–Trinajstić information content (AvgIpc) is 2.27. The Kier molecular flexibility index (Phi) is 4.42. The van der Waals surface area contributed by atoms with Gasteiger partial charge in [-0.25, -0.2) is 0 Å². The van der Waals surface area contributed by atoms with E-state index in [1.807, 2.05) is 0 Å². The summed E-state index contributed by atoms with van der Waals surface area (Å²) in [6.45, 7) is 9.22. The van der Waals surface area contributed by atoms with Crippen LogP contribution in [0.2, 0.25) is 0 Å². The molecule has 1 aromatic rings. The summed E-state index contributed by atoms with van der Waals surface area (Å²) in [6, 6.07) is 6.80. The molecule has 0 saturated carbocycles. The van der Waals surface area contributed by atoms with Gasteiger partial charge in [0.15, 0.2) is 0 Å². The van der Waals surface area contributed by atoms with Gasteiger partial charge in [-0.15, -0.1) is 0 Å². The van der Waals surface area contributed by atoms with Crippen LogP contribution in [0.4, 0.5) is 5.69 Å². The summed E-state index contributed by atoms with van der Waals surface area (Å²) in [4.78, 5) is 2.54. The van der Waals surface area contributed by atoms with Gasteiger partial charge < -0.3 is 4.90 Å². The molecule has 0 radical (unpaired) electrons. The van der Waals surface area contributed by atoms with Crippen molar-refractivity contribution in [1.82, 2.24) is 0 Å². The lowest BCUT2D eigenvalue weighted by atomic mass is 10.1. The van der Waals surface area contributed by atoms with Crippen molar-refractivity contribution in [2.24, 2.45) is 0 Å². The molecule has 0 amide bonds. The molecule has 0 aromatic heterocycles. The predicted octanol–water partition coefficient (Wildman–Crippen LogP) is 4.22. The Hall–Kier alpha value is -0.150. The number of nitrogens with zero attached hydrogens (tertiary/aromatic N) is 1. The molecule has 1 fully saturated rings. The Bertz CT molecular complexity index is 384. The fraction of sp³-hybridized carbons (Fsp3) is 0.571. The number of aryl methyl sites for hydroxylation is 1. The number of alkyl halides is 1. The smallest absolute Gasteiger partial charge is 0.0396 e. The highest BCUT2D eigenvalue weighted by Crippen LogP contribution is 2.30. The van der Waals surface area contributed by atoms with Crippen LogP contribution in [0.25, 0.3) is 0 Å². The molecular weight excluding hydrogens is 294 g/mol. The van der Waals surface area contributed by atoms with Gasteiger partial charge in [-0.05, 0) is 24.1 Å². The van der Waals surface area contributed by atoms with Gasteiger partial charge in [-0.2, -0.15) is 11.8 Å². The first-order chi connectivity index (χ1) is 8.10. The van der Waals surface area contributed by atoms with Crippen LogP contribution in [0.1, 0.15) is 25.0 Å². The van der Waals surface area contributed by atoms with E-state index in [1.165, 1.54) is 29.9 Å². The third kappa shape index (κ3) is 3.19. The number of hydrogen-bond donors (Lipinski definition) is 0. The predicted molar refractivity (Wildman–Crippen MR) is 82.5 cm³/mol. The maximum Gasteiger partial charge on any atom is 0.0396 e. The Labute approximate surface area is 117 Å². The van der Waals surface area contributed by atoms with Crippen LogP contribution in [0.15, 0.2) is 18.2 Å². The number of halogens is 1. The Morgan fingerprint density at radius 2 is 1.94 bits per heavy atom. The van der Waals surface area contributed by atoms with Crippen molar-refractivity contribution in [2.75, 3.05) is 18.0 Å². The van der Waals surface area contributed by atoms with E-state index in [-0.39, 0.29) is 0 Å². The van der Waals surface area contributed by atoms with Crippen molar-refractivity contribution >= 4 is 33.4 Å². The van der Waals surface area contributed by atoms with Crippen LogP contribution in [-0.4, -0.2) is 23.6 Å². The second-order valence-electron chi connectivity index (χ2n) is 4.92. The Morgan fingerprint density at radius 1 is 1.29 bits per heavy atom. The zero-order valence-corrected chi connectivity index (χ0v) is 13.1. The van der Waals surface area contributed by atoms with Crippen LogP contribution in [0.3, 0.4) is 0 Å². The molecule has 1 aliphatic rings. The first-order valence-electron chi connectivity index (χ1n) is 6.16. The third-order valence-electron chi connectivity index (χ3n) is 3.18. The highest BCUT2D eigenvalue weighted by atomic mass is 79.9. The topological polar surface area (TPSA) is 3.24 Å². The molecule has 0 aliphatic carbocycles. The average molecular weight is 314 g/mol. The summed E-state index contributed by atoms with van der Waals surface area (Å²) >= 11 is 5.62. The van der Waals surface area contributed by atoms with Gasteiger partial charge in [0.2, 0.25) is 0 Å². The Morgan fingerprint density at radius 3 is 2.47 bits per heavy atom. The molecule has 17 heavy (non-hydrogen) atoms. The molecule has 0 spiro atoms. The van der Waals surface area contributed by atoms with Crippen LogP contribution >= 0.6 is 27.7 Å². The minimum Gasteiger partial charge on any atom is -0.369 e. The molecule has 2 rings (SSSR count).